The molecule has 1 fully saturated rings. The summed E-state index contributed by atoms with van der Waals surface area (Å²) < 4.78 is 0. The summed E-state index contributed by atoms with van der Waals surface area (Å²) in [4.78, 5) is 14.2. The highest BCUT2D eigenvalue weighted by molar-refractivity contribution is 6.30. The van der Waals surface area contributed by atoms with Crippen LogP contribution in [0.5, 0.6) is 0 Å². The van der Waals surface area contributed by atoms with Crippen molar-refractivity contribution in [3.8, 4) is 0 Å². The quantitative estimate of drug-likeness (QED) is 0.761. The van der Waals surface area contributed by atoms with E-state index >= 15 is 0 Å². The normalized spacial score (nSPS) is 18.4. The zero-order valence-corrected chi connectivity index (χ0v) is 8.81. The van der Waals surface area contributed by atoms with Gasteiger partial charge in [0.15, 0.2) is 0 Å². The molecule has 1 aromatic heterocycles. The maximum Gasteiger partial charge on any atom is 0.266 e. The summed E-state index contributed by atoms with van der Waals surface area (Å²) in [5.41, 5.74) is 0.897. The van der Waals surface area contributed by atoms with Crippen LogP contribution in [0.15, 0.2) is 16.9 Å². The summed E-state index contributed by atoms with van der Waals surface area (Å²) >= 11 is 5.68. The molecule has 76 valence electrons. The Labute approximate surface area is 88.3 Å². The zero-order chi connectivity index (χ0) is 9.97. The van der Waals surface area contributed by atoms with Crippen LogP contribution in [0.1, 0.15) is 43.7 Å². The average molecular weight is 212 g/mol. The predicted octanol–water partition coefficient (Wildman–Crippen LogP) is 3.08. The van der Waals surface area contributed by atoms with Crippen LogP contribution < -0.4 is 5.56 Å². The minimum atomic E-state index is -0.158. The Bertz CT molecular complexity index is 366. The maximum atomic E-state index is 11.3. The van der Waals surface area contributed by atoms with E-state index < -0.39 is 0 Å². The van der Waals surface area contributed by atoms with Gasteiger partial charge in [0.2, 0.25) is 0 Å². The lowest BCUT2D eigenvalue weighted by Crippen LogP contribution is -2.13. The van der Waals surface area contributed by atoms with Gasteiger partial charge >= 0.3 is 0 Å². The van der Waals surface area contributed by atoms with Crippen molar-refractivity contribution in [2.75, 3.05) is 0 Å². The summed E-state index contributed by atoms with van der Waals surface area (Å²) in [6, 6.07) is 3.64. The molecule has 0 atom stereocenters. The van der Waals surface area contributed by atoms with Crippen LogP contribution in [0, 0.1) is 0 Å². The lowest BCUT2D eigenvalue weighted by Gasteiger charge is -2.21. The highest BCUT2D eigenvalue weighted by atomic mass is 35.5. The first-order valence-corrected chi connectivity index (χ1v) is 5.54. The van der Waals surface area contributed by atoms with Crippen LogP contribution in [-0.2, 0) is 0 Å². The number of rotatable bonds is 1. The van der Waals surface area contributed by atoms with Crippen LogP contribution >= 0.6 is 11.6 Å². The fourth-order valence-electron chi connectivity index (χ4n) is 2.12. The van der Waals surface area contributed by atoms with Gasteiger partial charge in [-0.3, -0.25) is 4.79 Å². The van der Waals surface area contributed by atoms with Crippen molar-refractivity contribution in [2.24, 2.45) is 0 Å². The van der Waals surface area contributed by atoms with E-state index in [2.05, 4.69) is 4.98 Å². The van der Waals surface area contributed by atoms with E-state index in [0.717, 1.165) is 5.69 Å². The molecule has 1 aliphatic carbocycles. The van der Waals surface area contributed by atoms with Crippen molar-refractivity contribution in [3.63, 3.8) is 0 Å². The fourth-order valence-corrected chi connectivity index (χ4v) is 2.23. The first-order valence-electron chi connectivity index (χ1n) is 5.16. The molecule has 2 rings (SSSR count). The van der Waals surface area contributed by atoms with E-state index in [-0.39, 0.29) is 10.6 Å². The number of nitrogens with one attached hydrogen (secondary N) is 1. The van der Waals surface area contributed by atoms with Gasteiger partial charge in [0.25, 0.3) is 5.56 Å². The third-order valence-corrected chi connectivity index (χ3v) is 3.23. The summed E-state index contributed by atoms with van der Waals surface area (Å²) in [5, 5.41) is 0.282. The van der Waals surface area contributed by atoms with Crippen molar-refractivity contribution >= 4 is 11.6 Å². The fraction of sp³-hybridized carbons (Fsp3) is 0.545. The van der Waals surface area contributed by atoms with E-state index in [0.29, 0.717) is 5.92 Å². The van der Waals surface area contributed by atoms with Crippen LogP contribution in [-0.4, -0.2) is 4.98 Å². The molecule has 1 aromatic rings. The molecule has 14 heavy (non-hydrogen) atoms. The van der Waals surface area contributed by atoms with Crippen LogP contribution in [0.25, 0.3) is 0 Å². The molecule has 1 aliphatic rings. The lowest BCUT2D eigenvalue weighted by molar-refractivity contribution is 0.436. The summed E-state index contributed by atoms with van der Waals surface area (Å²) in [6.45, 7) is 0. The summed E-state index contributed by atoms with van der Waals surface area (Å²) in [7, 11) is 0. The number of halogens is 1. The molecule has 0 spiro atoms. The third-order valence-electron chi connectivity index (χ3n) is 2.93. The standard InChI is InChI=1S/C11H14ClNO/c12-9-6-7-10(13-11(9)14)8-4-2-1-3-5-8/h6-8H,1-5H2,(H,13,14). The van der Waals surface area contributed by atoms with E-state index in [9.17, 15) is 4.79 Å². The van der Waals surface area contributed by atoms with Crippen LogP contribution in [0.2, 0.25) is 5.02 Å². The number of pyridine rings is 1. The van der Waals surface area contributed by atoms with Gasteiger partial charge < -0.3 is 4.98 Å². The molecule has 0 amide bonds. The van der Waals surface area contributed by atoms with E-state index in [1.165, 1.54) is 32.1 Å². The predicted molar refractivity (Wildman–Crippen MR) is 57.9 cm³/mol. The van der Waals surface area contributed by atoms with Crippen LogP contribution in [0.4, 0.5) is 0 Å². The molecule has 3 heteroatoms. The van der Waals surface area contributed by atoms with Gasteiger partial charge in [0.05, 0.1) is 0 Å². The van der Waals surface area contributed by atoms with Gasteiger partial charge in [0.1, 0.15) is 5.02 Å². The van der Waals surface area contributed by atoms with Gasteiger partial charge in [-0.2, -0.15) is 0 Å². The molecule has 0 aromatic carbocycles. The topological polar surface area (TPSA) is 32.9 Å². The third kappa shape index (κ3) is 2.01. The highest BCUT2D eigenvalue weighted by Gasteiger charge is 2.16. The van der Waals surface area contributed by atoms with E-state index in [1.54, 1.807) is 6.07 Å². The number of hydrogen-bond acceptors (Lipinski definition) is 1. The van der Waals surface area contributed by atoms with Gasteiger partial charge in [-0.15, -0.1) is 0 Å². The average Bonchev–Trinajstić information content (AvgIpc) is 2.23. The van der Waals surface area contributed by atoms with Crippen molar-refractivity contribution in [3.05, 3.63) is 33.2 Å². The first kappa shape index (κ1) is 9.78. The molecule has 1 heterocycles. The highest BCUT2D eigenvalue weighted by Crippen LogP contribution is 2.30. The van der Waals surface area contributed by atoms with E-state index in [1.807, 2.05) is 6.07 Å². The molecule has 1 N–H and O–H groups in total. The molecular weight excluding hydrogens is 198 g/mol. The summed E-state index contributed by atoms with van der Waals surface area (Å²) in [6.07, 6.45) is 6.26. The Balaban J connectivity index is 2.23. The second kappa shape index (κ2) is 4.18. The van der Waals surface area contributed by atoms with Crippen molar-refractivity contribution in [2.45, 2.75) is 38.0 Å². The molecule has 0 radical (unpaired) electrons. The largest absolute Gasteiger partial charge is 0.325 e. The van der Waals surface area contributed by atoms with Gasteiger partial charge in [-0.05, 0) is 30.9 Å². The Kier molecular flexibility index (Phi) is 2.92. The SMILES string of the molecule is O=c1[nH]c(C2CCCCC2)ccc1Cl. The smallest absolute Gasteiger partial charge is 0.266 e. The second-order valence-corrected chi connectivity index (χ2v) is 4.33. The summed E-state index contributed by atoms with van der Waals surface area (Å²) in [5.74, 6) is 0.536. The molecular formula is C11H14ClNO. The maximum absolute atomic E-state index is 11.3. The molecule has 1 saturated carbocycles. The molecule has 0 unspecified atom stereocenters. The molecule has 0 saturated heterocycles. The monoisotopic (exact) mass is 211 g/mol. The molecule has 0 bridgehead atoms. The zero-order valence-electron chi connectivity index (χ0n) is 8.05. The van der Waals surface area contributed by atoms with E-state index in [4.69, 9.17) is 11.6 Å². The Morgan fingerprint density at radius 3 is 2.57 bits per heavy atom. The first-order chi connectivity index (χ1) is 6.77. The minimum absolute atomic E-state index is 0.158. The molecule has 2 nitrogen and oxygen atoms in total. The number of aromatic nitrogens is 1. The minimum Gasteiger partial charge on any atom is -0.325 e. The Morgan fingerprint density at radius 2 is 1.93 bits per heavy atom. The van der Waals surface area contributed by atoms with Crippen molar-refractivity contribution in [1.29, 1.82) is 0 Å². The molecule has 0 aliphatic heterocycles. The Morgan fingerprint density at radius 1 is 1.21 bits per heavy atom. The lowest BCUT2D eigenvalue weighted by atomic mass is 9.87. The number of hydrogen-bond donors (Lipinski definition) is 1. The van der Waals surface area contributed by atoms with Crippen molar-refractivity contribution < 1.29 is 0 Å². The van der Waals surface area contributed by atoms with Gasteiger partial charge in [-0.25, -0.2) is 0 Å². The van der Waals surface area contributed by atoms with Crippen molar-refractivity contribution in [1.82, 2.24) is 4.98 Å². The second-order valence-electron chi connectivity index (χ2n) is 3.93. The number of H-pyrrole nitrogens is 1. The number of aromatic amines is 1. The van der Waals surface area contributed by atoms with Gasteiger partial charge in [-0.1, -0.05) is 30.9 Å². The van der Waals surface area contributed by atoms with Crippen LogP contribution in [0.3, 0.4) is 0 Å². The Hall–Kier alpha value is -0.760. The van der Waals surface area contributed by atoms with Gasteiger partial charge in [0, 0.05) is 5.69 Å².